The highest BCUT2D eigenvalue weighted by molar-refractivity contribution is 6.66. The SMILES string of the molecule is Cc1ccc(-c2ccccc2)cc1-c1noc(C(Cl)(Cl)Cl)n1. The van der Waals surface area contributed by atoms with Crippen molar-refractivity contribution in [2.45, 2.75) is 10.7 Å². The molecule has 0 saturated heterocycles. The van der Waals surface area contributed by atoms with Gasteiger partial charge in [0.05, 0.1) is 0 Å². The first kappa shape index (κ1) is 15.3. The molecule has 0 atom stereocenters. The van der Waals surface area contributed by atoms with Crippen molar-refractivity contribution in [1.29, 1.82) is 0 Å². The fraction of sp³-hybridized carbons (Fsp3) is 0.125. The van der Waals surface area contributed by atoms with Crippen molar-refractivity contribution in [3.8, 4) is 22.5 Å². The molecule has 22 heavy (non-hydrogen) atoms. The molecule has 2 aromatic carbocycles. The van der Waals surface area contributed by atoms with E-state index >= 15 is 0 Å². The molecule has 0 radical (unpaired) electrons. The number of halogens is 3. The van der Waals surface area contributed by atoms with E-state index in [0.717, 1.165) is 22.3 Å². The Morgan fingerprint density at radius 3 is 2.32 bits per heavy atom. The Bertz CT molecular complexity index is 795. The molecule has 0 aliphatic rings. The standard InChI is InChI=1S/C16H11Cl3N2O/c1-10-7-8-12(11-5-3-2-4-6-11)9-13(10)14-20-15(22-21-14)16(17,18)19/h2-9H,1H3. The minimum Gasteiger partial charge on any atom is -0.334 e. The first-order chi connectivity index (χ1) is 10.4. The highest BCUT2D eigenvalue weighted by Gasteiger charge is 2.31. The fourth-order valence-electron chi connectivity index (χ4n) is 2.12. The Balaban J connectivity index is 2.06. The van der Waals surface area contributed by atoms with Gasteiger partial charge in [-0.1, -0.05) is 82.4 Å². The first-order valence-electron chi connectivity index (χ1n) is 6.52. The predicted molar refractivity (Wildman–Crippen MR) is 89.1 cm³/mol. The molecule has 0 fully saturated rings. The molecule has 0 spiro atoms. The second-order valence-corrected chi connectivity index (χ2v) is 7.10. The lowest BCUT2D eigenvalue weighted by atomic mass is 9.99. The van der Waals surface area contributed by atoms with Crippen LogP contribution in [0.2, 0.25) is 0 Å². The van der Waals surface area contributed by atoms with Crippen molar-refractivity contribution >= 4 is 34.8 Å². The van der Waals surface area contributed by atoms with Gasteiger partial charge in [-0.25, -0.2) is 0 Å². The number of benzene rings is 2. The Morgan fingerprint density at radius 1 is 0.955 bits per heavy atom. The quantitative estimate of drug-likeness (QED) is 0.568. The van der Waals surface area contributed by atoms with Crippen LogP contribution in [0.3, 0.4) is 0 Å². The largest absolute Gasteiger partial charge is 0.334 e. The summed E-state index contributed by atoms with van der Waals surface area (Å²) in [6.45, 7) is 1.97. The molecule has 6 heteroatoms. The number of hydrogen-bond acceptors (Lipinski definition) is 3. The third kappa shape index (κ3) is 3.12. The fourth-order valence-corrected chi connectivity index (χ4v) is 2.35. The topological polar surface area (TPSA) is 38.9 Å². The van der Waals surface area contributed by atoms with E-state index in [1.807, 2.05) is 55.5 Å². The van der Waals surface area contributed by atoms with Crippen molar-refractivity contribution in [3.05, 3.63) is 60.0 Å². The smallest absolute Gasteiger partial charge is 0.279 e. The van der Waals surface area contributed by atoms with Gasteiger partial charge in [-0.15, -0.1) is 0 Å². The predicted octanol–water partition coefficient (Wildman–Crippen LogP) is 5.54. The lowest BCUT2D eigenvalue weighted by Gasteiger charge is -2.06. The maximum atomic E-state index is 5.76. The van der Waals surface area contributed by atoms with E-state index < -0.39 is 3.79 Å². The highest BCUT2D eigenvalue weighted by atomic mass is 35.6. The zero-order valence-electron chi connectivity index (χ0n) is 11.6. The summed E-state index contributed by atoms with van der Waals surface area (Å²) in [7, 11) is 0. The molecule has 0 N–H and O–H groups in total. The van der Waals surface area contributed by atoms with E-state index in [-0.39, 0.29) is 5.89 Å². The maximum absolute atomic E-state index is 5.76. The molecule has 3 aromatic rings. The number of nitrogens with zero attached hydrogens (tertiary/aromatic N) is 2. The second-order valence-electron chi connectivity index (χ2n) is 4.82. The molecule has 0 aliphatic carbocycles. The Kier molecular flexibility index (Phi) is 4.13. The van der Waals surface area contributed by atoms with Gasteiger partial charge in [-0.2, -0.15) is 4.98 Å². The van der Waals surface area contributed by atoms with E-state index in [1.54, 1.807) is 0 Å². The third-order valence-corrected chi connectivity index (χ3v) is 3.74. The molecular weight excluding hydrogens is 343 g/mol. The average molecular weight is 354 g/mol. The summed E-state index contributed by atoms with van der Waals surface area (Å²) in [5.41, 5.74) is 4.01. The van der Waals surface area contributed by atoms with Crippen LogP contribution in [0.15, 0.2) is 53.1 Å². The molecule has 0 bridgehead atoms. The van der Waals surface area contributed by atoms with Crippen molar-refractivity contribution in [2.24, 2.45) is 0 Å². The van der Waals surface area contributed by atoms with Gasteiger partial charge in [0.1, 0.15) is 0 Å². The van der Waals surface area contributed by atoms with E-state index in [0.29, 0.717) is 5.82 Å². The minimum atomic E-state index is -1.73. The number of hydrogen-bond donors (Lipinski definition) is 0. The zero-order chi connectivity index (χ0) is 15.7. The molecule has 112 valence electrons. The Morgan fingerprint density at radius 2 is 1.68 bits per heavy atom. The molecule has 0 amide bonds. The van der Waals surface area contributed by atoms with E-state index in [9.17, 15) is 0 Å². The summed E-state index contributed by atoms with van der Waals surface area (Å²) in [5.74, 6) is 0.355. The second kappa shape index (κ2) is 5.92. The van der Waals surface area contributed by atoms with Crippen LogP contribution in [0.4, 0.5) is 0 Å². The maximum Gasteiger partial charge on any atom is 0.279 e. The summed E-state index contributed by atoms with van der Waals surface area (Å²) < 4.78 is 3.30. The lowest BCUT2D eigenvalue weighted by Crippen LogP contribution is -2.00. The number of alkyl halides is 3. The van der Waals surface area contributed by atoms with Crippen LogP contribution in [-0.4, -0.2) is 10.1 Å². The highest BCUT2D eigenvalue weighted by Crippen LogP contribution is 2.38. The van der Waals surface area contributed by atoms with Gasteiger partial charge >= 0.3 is 0 Å². The molecule has 0 unspecified atom stereocenters. The van der Waals surface area contributed by atoms with Crippen molar-refractivity contribution < 1.29 is 4.52 Å². The lowest BCUT2D eigenvalue weighted by molar-refractivity contribution is 0.383. The van der Waals surface area contributed by atoms with Gasteiger partial charge in [0.25, 0.3) is 9.68 Å². The van der Waals surface area contributed by atoms with E-state index in [4.69, 9.17) is 39.3 Å². The normalized spacial score (nSPS) is 11.6. The van der Waals surface area contributed by atoms with Crippen molar-refractivity contribution in [2.75, 3.05) is 0 Å². The van der Waals surface area contributed by atoms with Crippen molar-refractivity contribution in [3.63, 3.8) is 0 Å². The van der Waals surface area contributed by atoms with E-state index in [1.165, 1.54) is 0 Å². The van der Waals surface area contributed by atoms with Crippen LogP contribution in [0, 0.1) is 6.92 Å². The van der Waals surface area contributed by atoms with Gasteiger partial charge < -0.3 is 4.52 Å². The summed E-state index contributed by atoms with van der Waals surface area (Å²) in [6.07, 6.45) is 0. The molecule has 3 rings (SSSR count). The Hall–Kier alpha value is -1.55. The van der Waals surface area contributed by atoms with Crippen LogP contribution in [0.1, 0.15) is 11.5 Å². The summed E-state index contributed by atoms with van der Waals surface area (Å²) in [6, 6.07) is 16.1. The zero-order valence-corrected chi connectivity index (χ0v) is 13.8. The molecule has 1 heterocycles. The molecule has 0 saturated carbocycles. The molecule has 3 nitrogen and oxygen atoms in total. The molecule has 0 aliphatic heterocycles. The first-order valence-corrected chi connectivity index (χ1v) is 7.66. The van der Waals surface area contributed by atoms with Gasteiger partial charge in [0, 0.05) is 5.56 Å². The van der Waals surface area contributed by atoms with Gasteiger partial charge in [-0.05, 0) is 29.7 Å². The minimum absolute atomic E-state index is 0.0444. The van der Waals surface area contributed by atoms with Crippen LogP contribution < -0.4 is 0 Å². The van der Waals surface area contributed by atoms with Crippen LogP contribution >= 0.6 is 34.8 Å². The van der Waals surface area contributed by atoms with Gasteiger partial charge in [0.15, 0.2) is 0 Å². The molecule has 1 aromatic heterocycles. The van der Waals surface area contributed by atoms with Crippen LogP contribution in [0.25, 0.3) is 22.5 Å². The Labute approximate surface area is 142 Å². The number of aryl methyl sites for hydroxylation is 1. The third-order valence-electron chi connectivity index (χ3n) is 3.25. The van der Waals surface area contributed by atoms with Crippen molar-refractivity contribution in [1.82, 2.24) is 10.1 Å². The number of rotatable bonds is 2. The molecular formula is C16H11Cl3N2O. The summed E-state index contributed by atoms with van der Waals surface area (Å²) >= 11 is 17.3. The van der Waals surface area contributed by atoms with Crippen LogP contribution in [0.5, 0.6) is 0 Å². The van der Waals surface area contributed by atoms with Gasteiger partial charge in [0.2, 0.25) is 5.82 Å². The number of aromatic nitrogens is 2. The summed E-state index contributed by atoms with van der Waals surface area (Å²) in [4.78, 5) is 4.17. The van der Waals surface area contributed by atoms with Gasteiger partial charge in [-0.3, -0.25) is 0 Å². The average Bonchev–Trinajstić information content (AvgIpc) is 2.98. The van der Waals surface area contributed by atoms with E-state index in [2.05, 4.69) is 10.1 Å². The monoisotopic (exact) mass is 352 g/mol. The van der Waals surface area contributed by atoms with Crippen LogP contribution in [-0.2, 0) is 3.79 Å². The summed E-state index contributed by atoms with van der Waals surface area (Å²) in [5, 5.41) is 3.91.